The summed E-state index contributed by atoms with van der Waals surface area (Å²) < 4.78 is 26.5. The highest BCUT2D eigenvalue weighted by Crippen LogP contribution is 2.36. The number of pyridine rings is 1. The van der Waals surface area contributed by atoms with Crippen molar-refractivity contribution in [2.24, 2.45) is 0 Å². The first kappa shape index (κ1) is 24.1. The van der Waals surface area contributed by atoms with Crippen molar-refractivity contribution in [3.63, 3.8) is 0 Å². The average Bonchev–Trinajstić information content (AvgIpc) is 3.36. The van der Waals surface area contributed by atoms with Crippen LogP contribution < -0.4 is 15.8 Å². The standard InChI is InChI=1S/C27H30F2N6O/c1-16(2)35-26-33-23(10-25(36)34(26)15-27(35,3)4)20-13-32-22-8-6-18(9-19(20)22)21-7-5-17(12-31-21)11-30-14-24(28)29/h5-10,12-13,16,24,30,32H,11,14-15H2,1-4H3. The molecule has 1 aliphatic heterocycles. The third-order valence-corrected chi connectivity index (χ3v) is 6.62. The lowest BCUT2D eigenvalue weighted by atomic mass is 10.0. The third kappa shape index (κ3) is 4.39. The highest BCUT2D eigenvalue weighted by Gasteiger charge is 2.39. The summed E-state index contributed by atoms with van der Waals surface area (Å²) in [7, 11) is 0. The Kier molecular flexibility index (Phi) is 6.12. The van der Waals surface area contributed by atoms with Crippen LogP contribution in [0, 0.1) is 0 Å². The van der Waals surface area contributed by atoms with Crippen LogP contribution in [0.4, 0.5) is 14.7 Å². The number of hydrogen-bond acceptors (Lipinski definition) is 5. The first-order valence-electron chi connectivity index (χ1n) is 12.1. The van der Waals surface area contributed by atoms with Crippen molar-refractivity contribution in [1.29, 1.82) is 0 Å². The molecule has 4 aromatic rings. The van der Waals surface area contributed by atoms with Gasteiger partial charge in [-0.3, -0.25) is 14.3 Å². The van der Waals surface area contributed by atoms with Gasteiger partial charge in [-0.05, 0) is 51.5 Å². The Labute approximate surface area is 208 Å². The molecule has 0 unspecified atom stereocenters. The maximum atomic E-state index is 13.1. The van der Waals surface area contributed by atoms with Gasteiger partial charge in [-0.1, -0.05) is 12.1 Å². The van der Waals surface area contributed by atoms with E-state index < -0.39 is 6.43 Å². The van der Waals surface area contributed by atoms with E-state index in [1.54, 1.807) is 16.8 Å². The Bertz CT molecular complexity index is 1460. The lowest BCUT2D eigenvalue weighted by molar-refractivity contribution is 0.145. The van der Waals surface area contributed by atoms with Crippen LogP contribution in [0.1, 0.15) is 33.3 Å². The Morgan fingerprint density at radius 1 is 1.14 bits per heavy atom. The number of halogens is 2. The number of hydrogen-bond donors (Lipinski definition) is 2. The molecule has 1 aliphatic rings. The molecule has 1 aromatic carbocycles. The summed E-state index contributed by atoms with van der Waals surface area (Å²) in [5, 5.41) is 3.66. The zero-order valence-electron chi connectivity index (χ0n) is 20.8. The number of alkyl halides is 2. The van der Waals surface area contributed by atoms with Gasteiger partial charge in [0, 0.05) is 53.1 Å². The maximum Gasteiger partial charge on any atom is 0.255 e. The van der Waals surface area contributed by atoms with Crippen LogP contribution in [-0.2, 0) is 13.1 Å². The molecule has 2 N–H and O–H groups in total. The first-order valence-corrected chi connectivity index (χ1v) is 12.1. The highest BCUT2D eigenvalue weighted by atomic mass is 19.3. The SMILES string of the molecule is CC(C)N1c2nc(-c3c[nH]c4ccc(-c5ccc(CNCC(F)F)cn5)cc34)cc(=O)n2CC1(C)C. The van der Waals surface area contributed by atoms with E-state index in [0.29, 0.717) is 24.7 Å². The normalized spacial score (nSPS) is 14.8. The minimum absolute atomic E-state index is 0.0607. The molecule has 0 amide bonds. The van der Waals surface area contributed by atoms with Crippen LogP contribution in [0.15, 0.2) is 53.6 Å². The number of nitrogens with one attached hydrogen (secondary N) is 2. The topological polar surface area (TPSA) is 78.8 Å². The second-order valence-corrected chi connectivity index (χ2v) is 10.2. The average molecular weight is 493 g/mol. The van der Waals surface area contributed by atoms with Gasteiger partial charge in [0.2, 0.25) is 5.95 Å². The molecule has 0 radical (unpaired) electrons. The molecule has 0 saturated heterocycles. The molecule has 0 aliphatic carbocycles. The van der Waals surface area contributed by atoms with E-state index in [2.05, 4.69) is 47.9 Å². The van der Waals surface area contributed by atoms with Gasteiger partial charge >= 0.3 is 0 Å². The van der Waals surface area contributed by atoms with E-state index in [1.807, 2.05) is 36.5 Å². The number of anilines is 1. The fourth-order valence-electron chi connectivity index (χ4n) is 5.15. The van der Waals surface area contributed by atoms with E-state index in [9.17, 15) is 13.6 Å². The van der Waals surface area contributed by atoms with E-state index in [-0.39, 0.29) is 23.7 Å². The van der Waals surface area contributed by atoms with Crippen LogP contribution in [-0.4, -0.2) is 44.1 Å². The largest absolute Gasteiger partial charge is 0.360 e. The first-order chi connectivity index (χ1) is 17.1. The molecule has 0 saturated carbocycles. The fourth-order valence-corrected chi connectivity index (χ4v) is 5.15. The minimum Gasteiger partial charge on any atom is -0.360 e. The van der Waals surface area contributed by atoms with Gasteiger partial charge in [-0.25, -0.2) is 13.8 Å². The molecule has 0 spiro atoms. The van der Waals surface area contributed by atoms with Crippen molar-refractivity contribution in [2.45, 2.75) is 58.8 Å². The van der Waals surface area contributed by atoms with E-state index >= 15 is 0 Å². The molecule has 0 fully saturated rings. The zero-order chi connectivity index (χ0) is 25.6. The quantitative estimate of drug-likeness (QED) is 0.387. The summed E-state index contributed by atoms with van der Waals surface area (Å²) in [6.45, 7) is 9.08. The second-order valence-electron chi connectivity index (χ2n) is 10.2. The molecule has 9 heteroatoms. The van der Waals surface area contributed by atoms with Crippen molar-refractivity contribution in [1.82, 2.24) is 24.8 Å². The van der Waals surface area contributed by atoms with E-state index in [4.69, 9.17) is 4.98 Å². The maximum absolute atomic E-state index is 13.1. The van der Waals surface area contributed by atoms with Crippen molar-refractivity contribution in [3.8, 4) is 22.5 Å². The number of H-pyrrole nitrogens is 1. The molecule has 7 nitrogen and oxygen atoms in total. The van der Waals surface area contributed by atoms with Crippen LogP contribution in [0.5, 0.6) is 0 Å². The van der Waals surface area contributed by atoms with Crippen molar-refractivity contribution in [2.75, 3.05) is 11.4 Å². The lowest BCUT2D eigenvalue weighted by Gasteiger charge is -2.35. The van der Waals surface area contributed by atoms with Gasteiger partial charge < -0.3 is 15.2 Å². The van der Waals surface area contributed by atoms with Crippen molar-refractivity contribution < 1.29 is 8.78 Å². The zero-order valence-corrected chi connectivity index (χ0v) is 20.8. The summed E-state index contributed by atoms with van der Waals surface area (Å²) >= 11 is 0. The Morgan fingerprint density at radius 3 is 2.64 bits per heavy atom. The monoisotopic (exact) mass is 492 g/mol. The Hall–Kier alpha value is -3.59. The van der Waals surface area contributed by atoms with Crippen LogP contribution in [0.2, 0.25) is 0 Å². The molecule has 5 rings (SSSR count). The fraction of sp³-hybridized carbons (Fsp3) is 0.370. The molecule has 3 aromatic heterocycles. The van der Waals surface area contributed by atoms with Gasteiger partial charge in [0.05, 0.1) is 30.0 Å². The summed E-state index contributed by atoms with van der Waals surface area (Å²) in [6.07, 6.45) is 1.20. The predicted octanol–water partition coefficient (Wildman–Crippen LogP) is 4.82. The van der Waals surface area contributed by atoms with Crippen molar-refractivity contribution >= 4 is 16.9 Å². The van der Waals surface area contributed by atoms with Crippen LogP contribution in [0.25, 0.3) is 33.4 Å². The van der Waals surface area contributed by atoms with Gasteiger partial charge in [-0.2, -0.15) is 0 Å². The van der Waals surface area contributed by atoms with E-state index in [0.717, 1.165) is 33.3 Å². The summed E-state index contributed by atoms with van der Waals surface area (Å²) in [5.41, 5.74) is 4.68. The molecule has 4 heterocycles. The Balaban J connectivity index is 1.50. The molecule has 188 valence electrons. The Morgan fingerprint density at radius 2 is 1.94 bits per heavy atom. The minimum atomic E-state index is -2.38. The third-order valence-electron chi connectivity index (χ3n) is 6.62. The molecule has 0 atom stereocenters. The van der Waals surface area contributed by atoms with E-state index in [1.165, 1.54) is 0 Å². The number of benzene rings is 1. The van der Waals surface area contributed by atoms with Crippen LogP contribution in [0.3, 0.4) is 0 Å². The van der Waals surface area contributed by atoms with Crippen LogP contribution >= 0.6 is 0 Å². The second kappa shape index (κ2) is 9.13. The van der Waals surface area contributed by atoms with Gasteiger partial charge in [-0.15, -0.1) is 0 Å². The predicted molar refractivity (Wildman–Crippen MR) is 138 cm³/mol. The summed E-state index contributed by atoms with van der Waals surface area (Å²) in [5.74, 6) is 0.695. The van der Waals surface area contributed by atoms with Gasteiger partial charge in [0.1, 0.15) is 0 Å². The number of aromatic amines is 1. The smallest absolute Gasteiger partial charge is 0.255 e. The molecule has 36 heavy (non-hydrogen) atoms. The van der Waals surface area contributed by atoms with Gasteiger partial charge in [0.25, 0.3) is 12.0 Å². The molecular formula is C27H30F2N6O. The van der Waals surface area contributed by atoms with Crippen molar-refractivity contribution in [3.05, 3.63) is 64.7 Å². The number of fused-ring (bicyclic) bond motifs is 2. The lowest BCUT2D eigenvalue weighted by Crippen LogP contribution is -2.45. The molecular weight excluding hydrogens is 462 g/mol. The highest BCUT2D eigenvalue weighted by molar-refractivity contribution is 5.97. The number of aromatic nitrogens is 4. The van der Waals surface area contributed by atoms with Gasteiger partial charge in [0.15, 0.2) is 0 Å². The number of rotatable bonds is 7. The number of nitrogens with zero attached hydrogens (tertiary/aromatic N) is 4. The summed E-state index contributed by atoms with van der Waals surface area (Å²) in [4.78, 5) is 28.1. The summed E-state index contributed by atoms with van der Waals surface area (Å²) in [6, 6.07) is 11.6. The molecule has 0 bridgehead atoms.